The first-order valence-electron chi connectivity index (χ1n) is 29.8. The van der Waals surface area contributed by atoms with E-state index in [-0.39, 0.29) is 32.0 Å². The number of fused-ring (bicyclic) bond motifs is 15. The van der Waals surface area contributed by atoms with Crippen molar-refractivity contribution in [1.29, 1.82) is 0 Å². The maximum absolute atomic E-state index is 8.45. The van der Waals surface area contributed by atoms with Gasteiger partial charge in [0.25, 0.3) is 0 Å². The number of para-hydroxylation sites is 4. The third-order valence-electron chi connectivity index (χ3n) is 17.2. The van der Waals surface area contributed by atoms with Crippen LogP contribution in [0.5, 0.6) is 11.5 Å². The maximum Gasteiger partial charge on any atom is 0.135 e. The number of hydrogen-bond donors (Lipinski definition) is 0. The van der Waals surface area contributed by atoms with Gasteiger partial charge < -0.3 is 19.1 Å². The van der Waals surface area contributed by atoms with Crippen LogP contribution in [0.2, 0.25) is 0 Å². The number of anilines is 4. The molecule has 0 atom stereocenters. The van der Waals surface area contributed by atoms with Crippen molar-refractivity contribution in [3.8, 4) is 73.0 Å². The maximum atomic E-state index is 8.45. The van der Waals surface area contributed by atoms with Gasteiger partial charge in [-0.15, -0.1) is 42.2 Å². The molecule has 0 fully saturated rings. The van der Waals surface area contributed by atoms with Gasteiger partial charge in [-0.1, -0.05) is 231 Å². The van der Waals surface area contributed by atoms with E-state index in [2.05, 4.69) is 268 Å². The van der Waals surface area contributed by atoms with Crippen molar-refractivity contribution in [1.82, 2.24) is 9.55 Å². The second-order valence-corrected chi connectivity index (χ2v) is 22.9. The van der Waals surface area contributed by atoms with Crippen molar-refractivity contribution in [3.63, 3.8) is 0 Å². The van der Waals surface area contributed by atoms with Crippen molar-refractivity contribution in [2.75, 3.05) is 9.80 Å². The van der Waals surface area contributed by atoms with Crippen LogP contribution < -0.4 is 14.5 Å². The molecule has 0 saturated carbocycles. The van der Waals surface area contributed by atoms with E-state index in [0.717, 1.165) is 94.7 Å². The Bertz CT molecular complexity index is 4860. The first kappa shape index (κ1) is 48.0. The molecule has 0 radical (unpaired) electrons. The normalized spacial score (nSPS) is 14.1. The van der Waals surface area contributed by atoms with Gasteiger partial charge in [-0.2, -0.15) is 6.07 Å². The molecule has 1 spiro atoms. The minimum atomic E-state index is -2.35. The largest absolute Gasteiger partial charge is 0.509 e. The van der Waals surface area contributed by atoms with Crippen LogP contribution in [-0.4, -0.2) is 9.55 Å². The van der Waals surface area contributed by atoms with Gasteiger partial charge in [-0.3, -0.25) is 0 Å². The van der Waals surface area contributed by atoms with E-state index in [1.807, 2.05) is 22.8 Å². The summed E-state index contributed by atoms with van der Waals surface area (Å²) in [6.07, 6.45) is 1.58. The smallest absolute Gasteiger partial charge is 0.135 e. The zero-order valence-electron chi connectivity index (χ0n) is 49.3. The van der Waals surface area contributed by atoms with E-state index in [1.54, 1.807) is 18.3 Å². The zero-order chi connectivity index (χ0) is 58.1. The summed E-state index contributed by atoms with van der Waals surface area (Å²) in [5.74, 6) is 1.50. The molecule has 13 aromatic rings. The molecule has 84 heavy (non-hydrogen) atoms. The van der Waals surface area contributed by atoms with Crippen molar-refractivity contribution >= 4 is 44.6 Å². The number of benzene rings is 11. The van der Waals surface area contributed by atoms with Crippen LogP contribution in [0.1, 0.15) is 58.3 Å². The SMILES string of the molecule is [2H]C([2H])([2H])c1ccnc(-n2c3[c-]c(Oc4[c-]c(N5[CH-]N(c6c(-c7cccc(-c8ccccc8)c7)cccc6-c6cccc(C(C)(C)C)c6)c6ccccc65)ccc4)c4c(c3c3ccccc32)-c2ccccc2C42c3ccccc3-c3ccccc32)c1.[Pt]. The van der Waals surface area contributed by atoms with Crippen LogP contribution in [0.25, 0.3) is 83.3 Å². The van der Waals surface area contributed by atoms with Crippen LogP contribution in [0.15, 0.2) is 255 Å². The molecule has 5 nitrogen and oxygen atoms in total. The minimum absolute atomic E-state index is 0. The molecular formula is C78H55N4OPt-3. The summed E-state index contributed by atoms with van der Waals surface area (Å²) < 4.78 is 35.0. The Morgan fingerprint density at radius 3 is 1.85 bits per heavy atom. The van der Waals surface area contributed by atoms with Gasteiger partial charge in [0, 0.05) is 82.0 Å². The average molecular weight is 1260 g/mol. The Morgan fingerprint density at radius 1 is 0.524 bits per heavy atom. The third-order valence-corrected chi connectivity index (χ3v) is 17.2. The molecule has 3 heterocycles. The molecule has 16 rings (SSSR count). The van der Waals surface area contributed by atoms with Gasteiger partial charge in [0.15, 0.2) is 0 Å². The molecule has 406 valence electrons. The molecule has 3 aliphatic rings. The Hall–Kier alpha value is -9.54. The van der Waals surface area contributed by atoms with Crippen molar-refractivity contribution in [2.45, 2.75) is 38.5 Å². The molecule has 0 bridgehead atoms. The molecule has 0 unspecified atom stereocenters. The zero-order valence-corrected chi connectivity index (χ0v) is 48.6. The van der Waals surface area contributed by atoms with Crippen LogP contribution >= 0.6 is 0 Å². The number of nitrogens with zero attached hydrogens (tertiary/aromatic N) is 4. The predicted molar refractivity (Wildman–Crippen MR) is 340 cm³/mol. The molecule has 1 aliphatic heterocycles. The summed E-state index contributed by atoms with van der Waals surface area (Å²) in [7, 11) is 0. The summed E-state index contributed by atoms with van der Waals surface area (Å²) in [4.78, 5) is 9.45. The van der Waals surface area contributed by atoms with Gasteiger partial charge >= 0.3 is 0 Å². The first-order chi connectivity index (χ1) is 41.9. The Labute approximate surface area is 509 Å². The van der Waals surface area contributed by atoms with Gasteiger partial charge in [-0.05, 0) is 121 Å². The second kappa shape index (κ2) is 19.8. The number of aryl methyl sites for hydroxylation is 1. The Kier molecular flexibility index (Phi) is 11.3. The van der Waals surface area contributed by atoms with E-state index in [4.69, 9.17) is 13.8 Å². The Balaban J connectivity index is 0.00000638. The molecular weight excluding hydrogens is 1200 g/mol. The third kappa shape index (κ3) is 7.82. The van der Waals surface area contributed by atoms with Crippen LogP contribution in [0.3, 0.4) is 0 Å². The summed E-state index contributed by atoms with van der Waals surface area (Å²) in [5.41, 5.74) is 21.7. The van der Waals surface area contributed by atoms with Crippen molar-refractivity contribution in [3.05, 3.63) is 307 Å². The molecule has 6 heteroatoms. The van der Waals surface area contributed by atoms with Crippen LogP contribution in [0, 0.1) is 25.7 Å². The quantitative estimate of drug-likeness (QED) is 0.142. The standard InChI is InChI=1S/C78H55N4O.Pt/c1-50-42-43-79-72(44-50)82-67-39-15-11-33-63(67)73-70(82)48-71(75-74(73)62-32-10-14-38-66(62)78(75)64-36-12-8-30-60(64)61-31-9-13-37-65(61)78)83-57-29-20-28-56(47-57)80-49-81(69-41-17-16-40-68(69)80)76-58(53-25-18-24-52(45-53)51-22-6-5-7-23-51)34-21-35-59(76)54-26-19-27-55(46-54)77(2,3)4;/h5-46,49H,1-4H3;/q-3;/i1D3;. The summed E-state index contributed by atoms with van der Waals surface area (Å²) >= 11 is 0. The van der Waals surface area contributed by atoms with Gasteiger partial charge in [0.05, 0.1) is 0 Å². The minimum Gasteiger partial charge on any atom is -0.509 e. The molecule has 0 amide bonds. The van der Waals surface area contributed by atoms with Crippen molar-refractivity contribution < 1.29 is 29.9 Å². The number of pyridine rings is 1. The summed E-state index contributed by atoms with van der Waals surface area (Å²) in [6, 6.07) is 95.4. The molecule has 2 aromatic heterocycles. The predicted octanol–water partition coefficient (Wildman–Crippen LogP) is 19.9. The van der Waals surface area contributed by atoms with Gasteiger partial charge in [0.1, 0.15) is 5.82 Å². The molecule has 11 aromatic carbocycles. The van der Waals surface area contributed by atoms with E-state index in [1.165, 1.54) is 27.8 Å². The first-order valence-corrected chi connectivity index (χ1v) is 28.3. The number of rotatable bonds is 8. The van der Waals surface area contributed by atoms with Crippen LogP contribution in [0.4, 0.5) is 22.7 Å². The number of ether oxygens (including phenoxy) is 1. The Morgan fingerprint density at radius 2 is 1.11 bits per heavy atom. The summed E-state index contributed by atoms with van der Waals surface area (Å²) in [5, 5.41) is 1.97. The van der Waals surface area contributed by atoms with Crippen molar-refractivity contribution in [2.24, 2.45) is 0 Å². The molecule has 0 N–H and O–H groups in total. The van der Waals surface area contributed by atoms with E-state index in [9.17, 15) is 0 Å². The number of aromatic nitrogens is 2. The van der Waals surface area contributed by atoms with Gasteiger partial charge in [-0.25, -0.2) is 4.98 Å². The van der Waals surface area contributed by atoms with E-state index in [0.29, 0.717) is 22.8 Å². The summed E-state index contributed by atoms with van der Waals surface area (Å²) in [6.45, 7) is 6.65. The fourth-order valence-corrected chi connectivity index (χ4v) is 13.6. The van der Waals surface area contributed by atoms with E-state index < -0.39 is 12.3 Å². The second-order valence-electron chi connectivity index (χ2n) is 22.9. The fourth-order valence-electron chi connectivity index (χ4n) is 13.6. The van der Waals surface area contributed by atoms with Gasteiger partial charge in [0.2, 0.25) is 0 Å². The molecule has 0 saturated heterocycles. The average Bonchev–Trinajstić information content (AvgIpc) is 1.50. The monoisotopic (exact) mass is 1260 g/mol. The van der Waals surface area contributed by atoms with Crippen LogP contribution in [-0.2, 0) is 31.9 Å². The molecule has 2 aliphatic carbocycles. The number of hydrogen-bond acceptors (Lipinski definition) is 4. The topological polar surface area (TPSA) is 33.5 Å². The van der Waals surface area contributed by atoms with E-state index >= 15 is 0 Å². The fraction of sp³-hybridized carbons (Fsp3) is 0.0769.